The number of nitrogens with zero attached hydrogens (tertiary/aromatic N) is 3. The van der Waals surface area contributed by atoms with Crippen molar-refractivity contribution < 1.29 is 34.1 Å². The fourth-order valence-electron chi connectivity index (χ4n) is 3.75. The van der Waals surface area contributed by atoms with E-state index in [0.29, 0.717) is 24.4 Å². The number of carbonyl (C=O) groups is 4. The van der Waals surface area contributed by atoms with Gasteiger partial charge in [0, 0.05) is 18.5 Å². The van der Waals surface area contributed by atoms with Gasteiger partial charge in [-0.1, -0.05) is 30.3 Å². The summed E-state index contributed by atoms with van der Waals surface area (Å²) >= 11 is 0. The highest BCUT2D eigenvalue weighted by atomic mass is 16.5. The molecule has 1 aliphatic heterocycles. The van der Waals surface area contributed by atoms with Gasteiger partial charge in [0.25, 0.3) is 0 Å². The van der Waals surface area contributed by atoms with E-state index in [9.17, 15) is 29.4 Å². The van der Waals surface area contributed by atoms with Crippen LogP contribution >= 0.6 is 0 Å². The summed E-state index contributed by atoms with van der Waals surface area (Å²) in [6.07, 6.45) is -0.707. The molecule has 2 aliphatic rings. The Morgan fingerprint density at radius 1 is 1.13 bits per heavy atom. The minimum atomic E-state index is -1.59. The van der Waals surface area contributed by atoms with Crippen molar-refractivity contribution in [2.24, 2.45) is 5.41 Å². The Bertz CT molecular complexity index is 825. The van der Waals surface area contributed by atoms with Crippen LogP contribution in [0.15, 0.2) is 30.3 Å². The van der Waals surface area contributed by atoms with E-state index in [1.165, 1.54) is 4.90 Å². The number of likely N-dealkylation sites (N-methyl/N-ethyl adjacent to an activating group) is 1. The summed E-state index contributed by atoms with van der Waals surface area (Å²) in [5.41, 5.74) is -0.0451. The third-order valence-corrected chi connectivity index (χ3v) is 5.58. The van der Waals surface area contributed by atoms with E-state index >= 15 is 0 Å². The predicted molar refractivity (Wildman–Crippen MR) is 103 cm³/mol. The molecule has 3 amide bonds. The van der Waals surface area contributed by atoms with Crippen LogP contribution < -0.4 is 0 Å². The third kappa shape index (κ3) is 4.23. The summed E-state index contributed by atoms with van der Waals surface area (Å²) in [6, 6.07) is 7.79. The number of ether oxygens (including phenoxy) is 1. The van der Waals surface area contributed by atoms with Crippen molar-refractivity contribution in [1.82, 2.24) is 14.9 Å². The number of hydrazine groups is 1. The van der Waals surface area contributed by atoms with Gasteiger partial charge in [0.15, 0.2) is 6.04 Å². The smallest absolute Gasteiger partial charge is 0.427 e. The van der Waals surface area contributed by atoms with Gasteiger partial charge >= 0.3 is 23.9 Å². The molecule has 0 bridgehead atoms. The maximum absolute atomic E-state index is 12.5. The van der Waals surface area contributed by atoms with Crippen LogP contribution in [0, 0.1) is 5.41 Å². The standard InChI is InChI=1S/C20H25N3O7/c1-2-21-10-11-22(17(25)16(21)24)23(19(28)29)15(18(26)27)20(8-9-20)13-30-12-14-6-4-3-5-7-14/h3-7,15H,2,8-13H2,1H3,(H,26,27)(H,28,29). The fourth-order valence-corrected chi connectivity index (χ4v) is 3.75. The van der Waals surface area contributed by atoms with Gasteiger partial charge in [-0.15, -0.1) is 0 Å². The molecule has 1 aromatic rings. The summed E-state index contributed by atoms with van der Waals surface area (Å²) < 4.78 is 5.72. The first-order chi connectivity index (χ1) is 14.3. The molecule has 2 fully saturated rings. The molecular formula is C20H25N3O7. The lowest BCUT2D eigenvalue weighted by Crippen LogP contribution is -2.66. The van der Waals surface area contributed by atoms with Crippen LogP contribution in [0.3, 0.4) is 0 Å². The van der Waals surface area contributed by atoms with Crippen LogP contribution in [0.4, 0.5) is 4.79 Å². The lowest BCUT2D eigenvalue weighted by atomic mass is 9.96. The van der Waals surface area contributed by atoms with Crippen LogP contribution in [-0.4, -0.2) is 81.3 Å². The van der Waals surface area contributed by atoms with E-state index in [-0.39, 0.29) is 26.3 Å². The zero-order valence-electron chi connectivity index (χ0n) is 16.7. The average molecular weight is 419 g/mol. The largest absolute Gasteiger partial charge is 0.480 e. The number of carboxylic acid groups (broad SMARTS) is 2. The van der Waals surface area contributed by atoms with Crippen molar-refractivity contribution >= 4 is 23.9 Å². The van der Waals surface area contributed by atoms with Crippen LogP contribution in [0.2, 0.25) is 0 Å². The summed E-state index contributed by atoms with van der Waals surface area (Å²) in [6.45, 7) is 2.35. The van der Waals surface area contributed by atoms with Crippen molar-refractivity contribution in [1.29, 1.82) is 0 Å². The second-order valence-electron chi connectivity index (χ2n) is 7.52. The molecule has 0 spiro atoms. The van der Waals surface area contributed by atoms with E-state index in [4.69, 9.17) is 4.74 Å². The van der Waals surface area contributed by atoms with Crippen molar-refractivity contribution in [2.45, 2.75) is 32.4 Å². The third-order valence-electron chi connectivity index (χ3n) is 5.58. The number of rotatable bonds is 9. The van der Waals surface area contributed by atoms with Crippen LogP contribution in [0.1, 0.15) is 25.3 Å². The zero-order chi connectivity index (χ0) is 21.9. The molecule has 1 saturated carbocycles. The quantitative estimate of drug-likeness (QED) is 0.572. The molecule has 30 heavy (non-hydrogen) atoms. The molecule has 0 aromatic heterocycles. The van der Waals surface area contributed by atoms with Crippen molar-refractivity contribution in [3.63, 3.8) is 0 Å². The van der Waals surface area contributed by atoms with E-state index in [2.05, 4.69) is 0 Å². The maximum atomic E-state index is 12.5. The fraction of sp³-hybridized carbons (Fsp3) is 0.500. The zero-order valence-corrected chi connectivity index (χ0v) is 16.7. The van der Waals surface area contributed by atoms with Gasteiger partial charge in [0.2, 0.25) is 0 Å². The minimum Gasteiger partial charge on any atom is -0.480 e. The Hall–Kier alpha value is -3.14. The van der Waals surface area contributed by atoms with Crippen LogP contribution in [-0.2, 0) is 25.7 Å². The molecular weight excluding hydrogens is 394 g/mol. The molecule has 162 valence electrons. The molecule has 1 heterocycles. The number of benzene rings is 1. The summed E-state index contributed by atoms with van der Waals surface area (Å²) in [4.78, 5) is 50.2. The van der Waals surface area contributed by atoms with Crippen molar-refractivity contribution in [3.05, 3.63) is 35.9 Å². The van der Waals surface area contributed by atoms with E-state index < -0.39 is 35.3 Å². The maximum Gasteiger partial charge on any atom is 0.427 e. The minimum absolute atomic E-state index is 0.0275. The highest BCUT2D eigenvalue weighted by Crippen LogP contribution is 2.51. The molecule has 1 saturated heterocycles. The van der Waals surface area contributed by atoms with E-state index in [1.54, 1.807) is 6.92 Å². The molecule has 10 nitrogen and oxygen atoms in total. The lowest BCUT2D eigenvalue weighted by Gasteiger charge is -2.42. The Kier molecular flexibility index (Phi) is 6.25. The van der Waals surface area contributed by atoms with Crippen molar-refractivity contribution in [2.75, 3.05) is 26.2 Å². The number of hydrogen-bond donors (Lipinski definition) is 2. The Morgan fingerprint density at radius 2 is 1.80 bits per heavy atom. The summed E-state index contributed by atoms with van der Waals surface area (Å²) in [7, 11) is 0. The number of amides is 3. The Labute approximate surface area is 173 Å². The second-order valence-corrected chi connectivity index (χ2v) is 7.52. The van der Waals surface area contributed by atoms with Gasteiger partial charge in [0.05, 0.1) is 19.8 Å². The average Bonchev–Trinajstić information content (AvgIpc) is 3.49. The molecule has 2 N–H and O–H groups in total. The number of hydrogen-bond acceptors (Lipinski definition) is 5. The topological polar surface area (TPSA) is 128 Å². The molecule has 0 radical (unpaired) electrons. The molecule has 1 unspecified atom stereocenters. The van der Waals surface area contributed by atoms with Gasteiger partial charge in [-0.05, 0) is 25.3 Å². The van der Waals surface area contributed by atoms with Crippen LogP contribution in [0.5, 0.6) is 0 Å². The normalized spacial score (nSPS) is 18.8. The first-order valence-corrected chi connectivity index (χ1v) is 9.78. The highest BCUT2D eigenvalue weighted by Gasteiger charge is 2.59. The van der Waals surface area contributed by atoms with Gasteiger partial charge < -0.3 is 19.8 Å². The second kappa shape index (κ2) is 8.70. The van der Waals surface area contributed by atoms with Gasteiger partial charge in [0.1, 0.15) is 0 Å². The van der Waals surface area contributed by atoms with E-state index in [1.807, 2.05) is 30.3 Å². The number of carboxylic acids is 1. The number of carbonyl (C=O) groups excluding carboxylic acids is 2. The highest BCUT2D eigenvalue weighted by molar-refractivity contribution is 6.35. The molecule has 1 aliphatic carbocycles. The van der Waals surface area contributed by atoms with Gasteiger partial charge in [-0.25, -0.2) is 19.6 Å². The molecule has 10 heteroatoms. The number of piperazine rings is 1. The van der Waals surface area contributed by atoms with E-state index in [0.717, 1.165) is 10.6 Å². The lowest BCUT2D eigenvalue weighted by molar-refractivity contribution is -0.178. The molecule has 3 rings (SSSR count). The van der Waals surface area contributed by atoms with Crippen LogP contribution in [0.25, 0.3) is 0 Å². The monoisotopic (exact) mass is 419 g/mol. The number of aliphatic carboxylic acids is 1. The predicted octanol–water partition coefficient (Wildman–Crippen LogP) is 1.02. The van der Waals surface area contributed by atoms with Crippen molar-refractivity contribution in [3.8, 4) is 0 Å². The van der Waals surface area contributed by atoms with Gasteiger partial charge in [-0.2, -0.15) is 0 Å². The summed E-state index contributed by atoms with van der Waals surface area (Å²) in [5.74, 6) is -3.27. The molecule has 1 aromatic carbocycles. The Balaban J connectivity index is 1.78. The first kappa shape index (κ1) is 21.6. The SMILES string of the molecule is CCN1CCN(N(C(=O)O)C(C(=O)O)C2(COCc3ccccc3)CC2)C(=O)C1=O. The summed E-state index contributed by atoms with van der Waals surface area (Å²) in [5, 5.41) is 20.9. The Morgan fingerprint density at radius 3 is 2.33 bits per heavy atom. The first-order valence-electron chi connectivity index (χ1n) is 9.78. The van der Waals surface area contributed by atoms with Gasteiger partial charge in [-0.3, -0.25) is 9.59 Å². The molecule has 1 atom stereocenters.